The first kappa shape index (κ1) is 19.3. The van der Waals surface area contributed by atoms with Gasteiger partial charge in [0.15, 0.2) is 0 Å². The number of carbonyl (C=O) groups excluding carboxylic acids is 1. The number of morpholine rings is 1. The van der Waals surface area contributed by atoms with Crippen LogP contribution in [0.4, 0.5) is 0 Å². The molecule has 144 valence electrons. The molecule has 1 amide bonds. The SMILES string of the molecule is C[C@H]1[C@H](C)CCC[C@H]1NC(=O)c1cccc(S(=O)(=O)N2CCOCC2)c1. The molecule has 1 heterocycles. The van der Waals surface area contributed by atoms with Gasteiger partial charge in [-0.05, 0) is 36.5 Å². The van der Waals surface area contributed by atoms with Gasteiger partial charge in [-0.15, -0.1) is 0 Å². The molecule has 0 radical (unpaired) electrons. The Morgan fingerprint density at radius 1 is 1.19 bits per heavy atom. The number of amides is 1. The van der Waals surface area contributed by atoms with E-state index in [0.717, 1.165) is 12.8 Å². The van der Waals surface area contributed by atoms with E-state index in [9.17, 15) is 13.2 Å². The third kappa shape index (κ3) is 4.10. The summed E-state index contributed by atoms with van der Waals surface area (Å²) in [5.74, 6) is 0.810. The number of hydrogen-bond donors (Lipinski definition) is 1. The van der Waals surface area contributed by atoms with Crippen LogP contribution in [0.3, 0.4) is 0 Å². The van der Waals surface area contributed by atoms with Gasteiger partial charge in [-0.1, -0.05) is 32.8 Å². The lowest BCUT2D eigenvalue weighted by atomic mass is 9.78. The molecule has 3 atom stereocenters. The molecule has 1 aromatic carbocycles. The Morgan fingerprint density at radius 3 is 2.65 bits per heavy atom. The van der Waals surface area contributed by atoms with Gasteiger partial charge in [0.2, 0.25) is 10.0 Å². The molecule has 1 aromatic rings. The molecule has 1 N–H and O–H groups in total. The van der Waals surface area contributed by atoms with Crippen LogP contribution >= 0.6 is 0 Å². The summed E-state index contributed by atoms with van der Waals surface area (Å²) in [6, 6.07) is 6.48. The third-order valence-corrected chi connectivity index (χ3v) is 7.62. The normalized spacial score (nSPS) is 27.8. The van der Waals surface area contributed by atoms with Crippen molar-refractivity contribution < 1.29 is 17.9 Å². The van der Waals surface area contributed by atoms with Crippen LogP contribution in [-0.4, -0.2) is 51.0 Å². The number of ether oxygens (including phenoxy) is 1. The third-order valence-electron chi connectivity index (χ3n) is 5.73. The van der Waals surface area contributed by atoms with Crippen LogP contribution in [0.15, 0.2) is 29.2 Å². The highest BCUT2D eigenvalue weighted by Gasteiger charge is 2.30. The number of rotatable bonds is 4. The Labute approximate surface area is 156 Å². The van der Waals surface area contributed by atoms with E-state index in [-0.39, 0.29) is 16.8 Å². The molecule has 2 fully saturated rings. The van der Waals surface area contributed by atoms with Crippen LogP contribution in [0.1, 0.15) is 43.5 Å². The van der Waals surface area contributed by atoms with Gasteiger partial charge in [0.05, 0.1) is 18.1 Å². The summed E-state index contributed by atoms with van der Waals surface area (Å²) in [5, 5.41) is 3.11. The van der Waals surface area contributed by atoms with Crippen molar-refractivity contribution in [1.82, 2.24) is 9.62 Å². The zero-order valence-corrected chi connectivity index (χ0v) is 16.3. The quantitative estimate of drug-likeness (QED) is 0.869. The minimum atomic E-state index is -3.60. The highest BCUT2D eigenvalue weighted by atomic mass is 32.2. The molecular formula is C19H28N2O4S. The van der Waals surface area contributed by atoms with E-state index in [2.05, 4.69) is 19.2 Å². The van der Waals surface area contributed by atoms with Crippen molar-refractivity contribution in [1.29, 1.82) is 0 Å². The lowest BCUT2D eigenvalue weighted by Crippen LogP contribution is -2.43. The number of carbonyl (C=O) groups is 1. The summed E-state index contributed by atoms with van der Waals surface area (Å²) in [6.07, 6.45) is 3.28. The monoisotopic (exact) mass is 380 g/mol. The number of benzene rings is 1. The van der Waals surface area contributed by atoms with Crippen LogP contribution in [0, 0.1) is 11.8 Å². The van der Waals surface area contributed by atoms with Gasteiger partial charge in [-0.3, -0.25) is 4.79 Å². The molecule has 1 saturated heterocycles. The van der Waals surface area contributed by atoms with Gasteiger partial charge in [0, 0.05) is 24.7 Å². The smallest absolute Gasteiger partial charge is 0.251 e. The molecule has 26 heavy (non-hydrogen) atoms. The maximum atomic E-state index is 12.8. The molecule has 7 heteroatoms. The summed E-state index contributed by atoms with van der Waals surface area (Å²) < 4.78 is 32.2. The van der Waals surface area contributed by atoms with Crippen molar-refractivity contribution in [2.45, 2.75) is 44.0 Å². The first-order valence-corrected chi connectivity index (χ1v) is 10.8. The lowest BCUT2D eigenvalue weighted by molar-refractivity contribution is 0.0730. The fraction of sp³-hybridized carbons (Fsp3) is 0.632. The predicted molar refractivity (Wildman–Crippen MR) is 99.5 cm³/mol. The van der Waals surface area contributed by atoms with Crippen molar-refractivity contribution in [3.63, 3.8) is 0 Å². The van der Waals surface area contributed by atoms with Crippen LogP contribution in [-0.2, 0) is 14.8 Å². The molecule has 0 unspecified atom stereocenters. The topological polar surface area (TPSA) is 75.7 Å². The molecule has 0 aromatic heterocycles. The maximum Gasteiger partial charge on any atom is 0.251 e. The van der Waals surface area contributed by atoms with E-state index < -0.39 is 10.0 Å². The summed E-state index contributed by atoms with van der Waals surface area (Å²) in [7, 11) is -3.60. The number of nitrogens with zero attached hydrogens (tertiary/aromatic N) is 1. The second-order valence-electron chi connectivity index (χ2n) is 7.39. The van der Waals surface area contributed by atoms with Crippen LogP contribution < -0.4 is 5.32 Å². The van der Waals surface area contributed by atoms with Gasteiger partial charge in [0.25, 0.3) is 5.91 Å². The molecule has 0 bridgehead atoms. The highest BCUT2D eigenvalue weighted by molar-refractivity contribution is 7.89. The minimum Gasteiger partial charge on any atom is -0.379 e. The first-order valence-electron chi connectivity index (χ1n) is 9.38. The van der Waals surface area contributed by atoms with Crippen molar-refractivity contribution in [3.05, 3.63) is 29.8 Å². The van der Waals surface area contributed by atoms with E-state index in [1.54, 1.807) is 18.2 Å². The predicted octanol–water partition coefficient (Wildman–Crippen LogP) is 2.26. The van der Waals surface area contributed by atoms with E-state index in [1.165, 1.54) is 16.8 Å². The molecule has 0 spiro atoms. The van der Waals surface area contributed by atoms with Crippen molar-refractivity contribution in [2.75, 3.05) is 26.3 Å². The van der Waals surface area contributed by atoms with Gasteiger partial charge < -0.3 is 10.1 Å². The van der Waals surface area contributed by atoms with Crippen molar-refractivity contribution in [2.24, 2.45) is 11.8 Å². The standard InChI is InChI=1S/C19H28N2O4S/c1-14-5-3-8-18(15(14)2)20-19(22)16-6-4-7-17(13-16)26(23,24)21-9-11-25-12-10-21/h4,6-7,13-15,18H,3,5,8-12H2,1-2H3,(H,20,22)/t14-,15+,18-/m1/s1. The molecule has 2 aliphatic rings. The Kier molecular flexibility index (Phi) is 5.99. The average molecular weight is 381 g/mol. The minimum absolute atomic E-state index is 0.144. The summed E-state index contributed by atoms with van der Waals surface area (Å²) in [5.41, 5.74) is 0.393. The van der Waals surface area contributed by atoms with Gasteiger partial charge in [0.1, 0.15) is 0 Å². The Hall–Kier alpha value is -1.44. The van der Waals surface area contributed by atoms with Gasteiger partial charge in [-0.2, -0.15) is 4.31 Å². The van der Waals surface area contributed by atoms with Crippen LogP contribution in [0.25, 0.3) is 0 Å². The van der Waals surface area contributed by atoms with Crippen molar-refractivity contribution in [3.8, 4) is 0 Å². The average Bonchev–Trinajstić information content (AvgIpc) is 2.66. The number of hydrogen-bond acceptors (Lipinski definition) is 4. The highest BCUT2D eigenvalue weighted by Crippen LogP contribution is 2.29. The second-order valence-corrected chi connectivity index (χ2v) is 9.33. The van der Waals surface area contributed by atoms with Crippen molar-refractivity contribution >= 4 is 15.9 Å². The number of nitrogens with one attached hydrogen (secondary N) is 1. The molecule has 3 rings (SSSR count). The van der Waals surface area contributed by atoms with E-state index in [0.29, 0.717) is 43.7 Å². The molecule has 1 aliphatic heterocycles. The summed E-state index contributed by atoms with van der Waals surface area (Å²) in [4.78, 5) is 12.8. The largest absolute Gasteiger partial charge is 0.379 e. The zero-order valence-electron chi connectivity index (χ0n) is 15.5. The summed E-state index contributed by atoms with van der Waals surface area (Å²) >= 11 is 0. The second kappa shape index (κ2) is 8.06. The molecule has 1 saturated carbocycles. The molecular weight excluding hydrogens is 352 g/mol. The van der Waals surface area contributed by atoms with Crippen LogP contribution in [0.2, 0.25) is 0 Å². The lowest BCUT2D eigenvalue weighted by Gasteiger charge is -2.34. The van der Waals surface area contributed by atoms with E-state index >= 15 is 0 Å². The Morgan fingerprint density at radius 2 is 1.92 bits per heavy atom. The summed E-state index contributed by atoms with van der Waals surface area (Å²) in [6.45, 7) is 5.88. The van der Waals surface area contributed by atoms with Gasteiger partial charge in [-0.25, -0.2) is 8.42 Å². The molecule has 1 aliphatic carbocycles. The zero-order chi connectivity index (χ0) is 18.7. The van der Waals surface area contributed by atoms with Gasteiger partial charge >= 0.3 is 0 Å². The Balaban J connectivity index is 1.75. The Bertz CT molecular complexity index is 744. The van der Waals surface area contributed by atoms with Crippen LogP contribution in [0.5, 0.6) is 0 Å². The first-order chi connectivity index (χ1) is 12.4. The van der Waals surface area contributed by atoms with E-state index in [4.69, 9.17) is 4.74 Å². The maximum absolute atomic E-state index is 12.8. The fourth-order valence-electron chi connectivity index (χ4n) is 3.77. The number of sulfonamides is 1. The molecule has 6 nitrogen and oxygen atoms in total. The van der Waals surface area contributed by atoms with E-state index in [1.807, 2.05) is 0 Å². The fourth-order valence-corrected chi connectivity index (χ4v) is 5.23.